The highest BCUT2D eigenvalue weighted by atomic mass is 32.1. The lowest BCUT2D eigenvalue weighted by Gasteiger charge is -2.05. The highest BCUT2D eigenvalue weighted by Crippen LogP contribution is 2.29. The van der Waals surface area contributed by atoms with Crippen LogP contribution in [0.5, 0.6) is 0 Å². The van der Waals surface area contributed by atoms with Crippen LogP contribution in [0.2, 0.25) is 0 Å². The predicted molar refractivity (Wildman–Crippen MR) is 86.6 cm³/mol. The summed E-state index contributed by atoms with van der Waals surface area (Å²) in [7, 11) is 2.00. The third-order valence-electron chi connectivity index (χ3n) is 3.26. The highest BCUT2D eigenvalue weighted by Gasteiger charge is 2.15. The van der Waals surface area contributed by atoms with Gasteiger partial charge in [0.05, 0.1) is 20.8 Å². The van der Waals surface area contributed by atoms with E-state index in [1.807, 2.05) is 57.3 Å². The smallest absolute Gasteiger partial charge is 0.261 e. The SMILES string of the molecule is CC(C)NC(=O)c1ccc(-c2nc3ccccc3n2C)s1. The van der Waals surface area contributed by atoms with Crippen LogP contribution in [-0.2, 0) is 7.05 Å². The second-order valence-corrected chi connectivity index (χ2v) is 6.36. The minimum atomic E-state index is -0.0278. The summed E-state index contributed by atoms with van der Waals surface area (Å²) in [4.78, 5) is 18.4. The molecular formula is C16H17N3OS. The lowest BCUT2D eigenvalue weighted by Crippen LogP contribution is -2.29. The Morgan fingerprint density at radius 1 is 1.24 bits per heavy atom. The van der Waals surface area contributed by atoms with Gasteiger partial charge in [-0.05, 0) is 38.1 Å². The van der Waals surface area contributed by atoms with Gasteiger partial charge in [-0.1, -0.05) is 12.1 Å². The Morgan fingerprint density at radius 2 is 2.00 bits per heavy atom. The van der Waals surface area contributed by atoms with Gasteiger partial charge < -0.3 is 9.88 Å². The molecule has 3 aromatic rings. The van der Waals surface area contributed by atoms with E-state index in [1.54, 1.807) is 0 Å². The van der Waals surface area contributed by atoms with E-state index in [4.69, 9.17) is 0 Å². The van der Waals surface area contributed by atoms with Crippen molar-refractivity contribution in [3.8, 4) is 10.7 Å². The maximum atomic E-state index is 12.0. The Hall–Kier alpha value is -2.14. The predicted octanol–water partition coefficient (Wildman–Crippen LogP) is 3.44. The molecule has 0 bridgehead atoms. The number of imidazole rings is 1. The van der Waals surface area contributed by atoms with Crippen LogP contribution in [0.25, 0.3) is 21.7 Å². The number of hydrogen-bond donors (Lipinski definition) is 1. The van der Waals surface area contributed by atoms with Crippen molar-refractivity contribution in [3.05, 3.63) is 41.3 Å². The van der Waals surface area contributed by atoms with Gasteiger partial charge in [0.2, 0.25) is 0 Å². The van der Waals surface area contributed by atoms with Crippen molar-refractivity contribution >= 4 is 28.3 Å². The van der Waals surface area contributed by atoms with Gasteiger partial charge in [-0.3, -0.25) is 4.79 Å². The Bertz CT molecular complexity index is 801. The molecule has 0 saturated heterocycles. The average molecular weight is 299 g/mol. The van der Waals surface area contributed by atoms with Gasteiger partial charge in [0.25, 0.3) is 5.91 Å². The number of thiophene rings is 1. The summed E-state index contributed by atoms with van der Waals surface area (Å²) in [6.45, 7) is 3.91. The number of nitrogens with zero attached hydrogens (tertiary/aromatic N) is 2. The van der Waals surface area contributed by atoms with E-state index in [1.165, 1.54) is 11.3 Å². The van der Waals surface area contributed by atoms with Crippen molar-refractivity contribution in [2.75, 3.05) is 0 Å². The normalized spacial score (nSPS) is 11.2. The van der Waals surface area contributed by atoms with Gasteiger partial charge in [-0.15, -0.1) is 11.3 Å². The van der Waals surface area contributed by atoms with Crippen LogP contribution >= 0.6 is 11.3 Å². The summed E-state index contributed by atoms with van der Waals surface area (Å²) < 4.78 is 2.06. The number of fused-ring (bicyclic) bond motifs is 1. The summed E-state index contributed by atoms with van der Waals surface area (Å²) in [6.07, 6.45) is 0. The first-order chi connectivity index (χ1) is 10.1. The van der Waals surface area contributed by atoms with Crippen molar-refractivity contribution in [1.29, 1.82) is 0 Å². The summed E-state index contributed by atoms with van der Waals surface area (Å²) in [5.41, 5.74) is 2.06. The molecule has 0 saturated carbocycles. The molecule has 2 aromatic heterocycles. The number of para-hydroxylation sites is 2. The number of rotatable bonds is 3. The zero-order valence-corrected chi connectivity index (χ0v) is 13.1. The van der Waals surface area contributed by atoms with Crippen molar-refractivity contribution in [3.63, 3.8) is 0 Å². The molecule has 21 heavy (non-hydrogen) atoms. The van der Waals surface area contributed by atoms with E-state index in [-0.39, 0.29) is 11.9 Å². The Kier molecular flexibility index (Phi) is 3.51. The molecular weight excluding hydrogens is 282 g/mol. The quantitative estimate of drug-likeness (QED) is 0.805. The minimum Gasteiger partial charge on any atom is -0.349 e. The van der Waals surface area contributed by atoms with Crippen molar-refractivity contribution in [2.24, 2.45) is 7.05 Å². The molecule has 0 fully saturated rings. The number of aryl methyl sites for hydroxylation is 1. The largest absolute Gasteiger partial charge is 0.349 e. The number of nitrogens with one attached hydrogen (secondary N) is 1. The van der Waals surface area contributed by atoms with Crippen molar-refractivity contribution in [1.82, 2.24) is 14.9 Å². The Balaban J connectivity index is 1.98. The second-order valence-electron chi connectivity index (χ2n) is 5.28. The molecule has 4 nitrogen and oxygen atoms in total. The minimum absolute atomic E-state index is 0.0278. The Morgan fingerprint density at radius 3 is 2.71 bits per heavy atom. The first kappa shape index (κ1) is 13.8. The average Bonchev–Trinajstić information content (AvgIpc) is 3.04. The zero-order valence-electron chi connectivity index (χ0n) is 12.3. The maximum Gasteiger partial charge on any atom is 0.261 e. The van der Waals surface area contributed by atoms with Crippen LogP contribution < -0.4 is 5.32 Å². The molecule has 1 N–H and O–H groups in total. The van der Waals surface area contributed by atoms with E-state index in [0.717, 1.165) is 21.7 Å². The number of benzene rings is 1. The molecule has 0 spiro atoms. The molecule has 1 amide bonds. The van der Waals surface area contributed by atoms with Crippen LogP contribution in [-0.4, -0.2) is 21.5 Å². The van der Waals surface area contributed by atoms with Crippen LogP contribution in [0.1, 0.15) is 23.5 Å². The number of carbonyl (C=O) groups excluding carboxylic acids is 1. The van der Waals surface area contributed by atoms with E-state index >= 15 is 0 Å². The zero-order chi connectivity index (χ0) is 15.0. The number of amides is 1. The van der Waals surface area contributed by atoms with E-state index in [0.29, 0.717) is 4.88 Å². The van der Waals surface area contributed by atoms with Crippen molar-refractivity contribution < 1.29 is 4.79 Å². The van der Waals surface area contributed by atoms with E-state index in [2.05, 4.69) is 14.9 Å². The molecule has 0 unspecified atom stereocenters. The molecule has 2 heterocycles. The molecule has 0 aliphatic rings. The molecule has 0 atom stereocenters. The van der Waals surface area contributed by atoms with Gasteiger partial charge in [0.1, 0.15) is 0 Å². The first-order valence-corrected chi connectivity index (χ1v) is 7.70. The number of carbonyl (C=O) groups is 1. The lowest BCUT2D eigenvalue weighted by atomic mass is 10.3. The fourth-order valence-electron chi connectivity index (χ4n) is 2.28. The molecule has 108 valence electrons. The summed E-state index contributed by atoms with van der Waals surface area (Å²) in [5, 5.41) is 2.91. The molecule has 0 aliphatic carbocycles. The van der Waals surface area contributed by atoms with Crippen LogP contribution in [0, 0.1) is 0 Å². The van der Waals surface area contributed by atoms with Crippen LogP contribution in [0.3, 0.4) is 0 Å². The molecule has 5 heteroatoms. The number of aromatic nitrogens is 2. The third kappa shape index (κ3) is 2.56. The van der Waals surface area contributed by atoms with Gasteiger partial charge in [-0.25, -0.2) is 4.98 Å². The highest BCUT2D eigenvalue weighted by molar-refractivity contribution is 7.17. The maximum absolute atomic E-state index is 12.0. The lowest BCUT2D eigenvalue weighted by molar-refractivity contribution is 0.0947. The summed E-state index contributed by atoms with van der Waals surface area (Å²) >= 11 is 1.47. The first-order valence-electron chi connectivity index (χ1n) is 6.89. The topological polar surface area (TPSA) is 46.9 Å². The van der Waals surface area contributed by atoms with Gasteiger partial charge in [-0.2, -0.15) is 0 Å². The Labute approximate surface area is 127 Å². The summed E-state index contributed by atoms with van der Waals surface area (Å²) in [5.74, 6) is 0.866. The molecule has 0 radical (unpaired) electrons. The van der Waals surface area contributed by atoms with Gasteiger partial charge in [0.15, 0.2) is 5.82 Å². The molecule has 1 aromatic carbocycles. The number of hydrogen-bond acceptors (Lipinski definition) is 3. The van der Waals surface area contributed by atoms with Crippen LogP contribution in [0.15, 0.2) is 36.4 Å². The fourth-order valence-corrected chi connectivity index (χ4v) is 3.21. The van der Waals surface area contributed by atoms with E-state index < -0.39 is 0 Å². The van der Waals surface area contributed by atoms with Crippen molar-refractivity contribution in [2.45, 2.75) is 19.9 Å². The fraction of sp³-hybridized carbons (Fsp3) is 0.250. The summed E-state index contributed by atoms with van der Waals surface area (Å²) in [6, 6.07) is 12.0. The van der Waals surface area contributed by atoms with Gasteiger partial charge in [0, 0.05) is 13.1 Å². The monoisotopic (exact) mass is 299 g/mol. The standard InChI is InChI=1S/C16H17N3OS/c1-10(2)17-16(20)14-9-8-13(21-14)15-18-11-6-4-5-7-12(11)19(15)3/h4-10H,1-3H3,(H,17,20). The van der Waals surface area contributed by atoms with Gasteiger partial charge >= 0.3 is 0 Å². The molecule has 0 aliphatic heterocycles. The molecule has 3 rings (SSSR count). The van der Waals surface area contributed by atoms with Crippen LogP contribution in [0.4, 0.5) is 0 Å². The second kappa shape index (κ2) is 5.33. The third-order valence-corrected chi connectivity index (χ3v) is 4.34. The van der Waals surface area contributed by atoms with E-state index in [9.17, 15) is 4.79 Å².